The third-order valence-corrected chi connectivity index (χ3v) is 2.33. The number of methoxy groups -OCH3 is 2. The Kier molecular flexibility index (Phi) is 4.17. The van der Waals surface area contributed by atoms with E-state index in [1.165, 1.54) is 7.11 Å². The monoisotopic (exact) mass is 224 g/mol. The number of carbonyl (C=O) groups excluding carboxylic acids is 1. The molecule has 16 heavy (non-hydrogen) atoms. The van der Waals surface area contributed by atoms with E-state index in [0.29, 0.717) is 29.4 Å². The summed E-state index contributed by atoms with van der Waals surface area (Å²) in [4.78, 5) is 11.0. The van der Waals surface area contributed by atoms with Crippen LogP contribution in [0, 0.1) is 6.92 Å². The standard InChI is InChI=1S/C12H16O4/c1-5-16-12-8(2)10(14-3)6-11(15-4)9(12)7-13/h6-7H,5H2,1-4H3. The van der Waals surface area contributed by atoms with Gasteiger partial charge in [-0.05, 0) is 13.8 Å². The first kappa shape index (κ1) is 12.4. The van der Waals surface area contributed by atoms with Crippen molar-refractivity contribution in [2.45, 2.75) is 13.8 Å². The molecule has 0 heterocycles. The van der Waals surface area contributed by atoms with Crippen LogP contribution in [0.3, 0.4) is 0 Å². The first-order valence-corrected chi connectivity index (χ1v) is 5.03. The lowest BCUT2D eigenvalue weighted by molar-refractivity contribution is 0.111. The van der Waals surface area contributed by atoms with Gasteiger partial charge in [-0.2, -0.15) is 0 Å². The number of hydrogen-bond donors (Lipinski definition) is 0. The predicted octanol–water partition coefficient (Wildman–Crippen LogP) is 2.22. The van der Waals surface area contributed by atoms with Crippen LogP contribution < -0.4 is 14.2 Å². The van der Waals surface area contributed by atoms with E-state index in [-0.39, 0.29) is 0 Å². The minimum absolute atomic E-state index is 0.419. The van der Waals surface area contributed by atoms with Crippen LogP contribution in [-0.4, -0.2) is 27.1 Å². The molecule has 1 rings (SSSR count). The van der Waals surface area contributed by atoms with E-state index in [9.17, 15) is 4.79 Å². The average Bonchev–Trinajstić information content (AvgIpc) is 2.31. The first-order chi connectivity index (χ1) is 7.69. The molecule has 0 bridgehead atoms. The van der Waals surface area contributed by atoms with E-state index in [2.05, 4.69) is 0 Å². The Balaban J connectivity index is 3.44. The van der Waals surface area contributed by atoms with Gasteiger partial charge in [0.1, 0.15) is 17.2 Å². The van der Waals surface area contributed by atoms with E-state index in [0.717, 1.165) is 11.8 Å². The summed E-state index contributed by atoms with van der Waals surface area (Å²) < 4.78 is 15.8. The Morgan fingerprint density at radius 2 is 1.88 bits per heavy atom. The molecule has 0 saturated carbocycles. The van der Waals surface area contributed by atoms with Gasteiger partial charge in [0.25, 0.3) is 0 Å². The van der Waals surface area contributed by atoms with Crippen molar-refractivity contribution in [3.8, 4) is 17.2 Å². The number of rotatable bonds is 5. The number of hydrogen-bond acceptors (Lipinski definition) is 4. The third-order valence-electron chi connectivity index (χ3n) is 2.33. The SMILES string of the molecule is CCOc1c(C)c(OC)cc(OC)c1C=O. The maximum absolute atomic E-state index is 11.0. The molecule has 0 saturated heterocycles. The van der Waals surface area contributed by atoms with Crippen molar-refractivity contribution in [2.24, 2.45) is 0 Å². The van der Waals surface area contributed by atoms with Crippen molar-refractivity contribution in [3.05, 3.63) is 17.2 Å². The molecule has 1 aromatic rings. The van der Waals surface area contributed by atoms with E-state index >= 15 is 0 Å². The summed E-state index contributed by atoms with van der Waals surface area (Å²) in [5.74, 6) is 1.63. The molecule has 0 aliphatic carbocycles. The number of aldehydes is 1. The maximum Gasteiger partial charge on any atom is 0.157 e. The molecule has 1 aromatic carbocycles. The van der Waals surface area contributed by atoms with Gasteiger partial charge in [0, 0.05) is 11.6 Å². The van der Waals surface area contributed by atoms with Crippen LogP contribution in [0.25, 0.3) is 0 Å². The smallest absolute Gasteiger partial charge is 0.157 e. The highest BCUT2D eigenvalue weighted by Crippen LogP contribution is 2.37. The Bertz CT molecular complexity index is 385. The van der Waals surface area contributed by atoms with Crippen LogP contribution in [-0.2, 0) is 0 Å². The van der Waals surface area contributed by atoms with E-state index in [1.54, 1.807) is 13.2 Å². The molecule has 88 valence electrons. The number of benzene rings is 1. The van der Waals surface area contributed by atoms with E-state index in [4.69, 9.17) is 14.2 Å². The van der Waals surface area contributed by atoms with Gasteiger partial charge >= 0.3 is 0 Å². The Morgan fingerprint density at radius 1 is 1.25 bits per heavy atom. The normalized spacial score (nSPS) is 9.75. The van der Waals surface area contributed by atoms with Crippen molar-refractivity contribution in [1.29, 1.82) is 0 Å². The highest BCUT2D eigenvalue weighted by atomic mass is 16.5. The minimum atomic E-state index is 0.419. The Hall–Kier alpha value is -1.71. The van der Waals surface area contributed by atoms with E-state index in [1.807, 2.05) is 13.8 Å². The van der Waals surface area contributed by atoms with E-state index < -0.39 is 0 Å². The van der Waals surface area contributed by atoms with Gasteiger partial charge in [-0.25, -0.2) is 0 Å². The second-order valence-electron chi connectivity index (χ2n) is 3.20. The minimum Gasteiger partial charge on any atom is -0.496 e. The first-order valence-electron chi connectivity index (χ1n) is 5.03. The molecule has 0 fully saturated rings. The molecule has 4 heteroatoms. The number of ether oxygens (including phenoxy) is 3. The zero-order valence-electron chi connectivity index (χ0n) is 9.99. The second-order valence-corrected chi connectivity index (χ2v) is 3.20. The molecule has 0 unspecified atom stereocenters. The highest BCUT2D eigenvalue weighted by molar-refractivity contribution is 5.85. The Labute approximate surface area is 95.1 Å². The molecular formula is C12H16O4. The van der Waals surface area contributed by atoms with Gasteiger partial charge in [-0.1, -0.05) is 0 Å². The fourth-order valence-corrected chi connectivity index (χ4v) is 1.55. The van der Waals surface area contributed by atoms with Crippen molar-refractivity contribution < 1.29 is 19.0 Å². The van der Waals surface area contributed by atoms with Crippen LogP contribution in [0.4, 0.5) is 0 Å². The maximum atomic E-state index is 11.0. The molecule has 0 aliphatic heterocycles. The molecule has 0 radical (unpaired) electrons. The fourth-order valence-electron chi connectivity index (χ4n) is 1.55. The van der Waals surface area contributed by atoms with Crippen molar-refractivity contribution in [3.63, 3.8) is 0 Å². The van der Waals surface area contributed by atoms with Crippen molar-refractivity contribution >= 4 is 6.29 Å². The molecule has 0 spiro atoms. The van der Waals surface area contributed by atoms with Crippen LogP contribution in [0.2, 0.25) is 0 Å². The highest BCUT2D eigenvalue weighted by Gasteiger charge is 2.17. The second kappa shape index (κ2) is 5.39. The topological polar surface area (TPSA) is 44.8 Å². The predicted molar refractivity (Wildman–Crippen MR) is 60.8 cm³/mol. The molecular weight excluding hydrogens is 208 g/mol. The summed E-state index contributed by atoms with van der Waals surface area (Å²) in [7, 11) is 3.07. The fraction of sp³-hybridized carbons (Fsp3) is 0.417. The summed E-state index contributed by atoms with van der Waals surface area (Å²) in [6.45, 7) is 4.19. The van der Waals surface area contributed by atoms with Gasteiger partial charge in [0.15, 0.2) is 6.29 Å². The third kappa shape index (κ3) is 2.10. The zero-order valence-corrected chi connectivity index (χ0v) is 9.99. The quantitative estimate of drug-likeness (QED) is 0.719. The average molecular weight is 224 g/mol. The van der Waals surface area contributed by atoms with Crippen LogP contribution in [0.15, 0.2) is 6.07 Å². The summed E-state index contributed by atoms with van der Waals surface area (Å²) in [6.07, 6.45) is 0.732. The molecule has 4 nitrogen and oxygen atoms in total. The van der Waals surface area contributed by atoms with Gasteiger partial charge in [-0.15, -0.1) is 0 Å². The van der Waals surface area contributed by atoms with Gasteiger partial charge in [-0.3, -0.25) is 4.79 Å². The van der Waals surface area contributed by atoms with Gasteiger partial charge < -0.3 is 14.2 Å². The summed E-state index contributed by atoms with van der Waals surface area (Å²) in [5.41, 5.74) is 1.22. The molecule has 0 aliphatic rings. The number of carbonyl (C=O) groups is 1. The molecule has 0 aromatic heterocycles. The molecule has 0 amide bonds. The van der Waals surface area contributed by atoms with Crippen molar-refractivity contribution in [2.75, 3.05) is 20.8 Å². The molecule has 0 atom stereocenters. The van der Waals surface area contributed by atoms with Crippen LogP contribution in [0.5, 0.6) is 17.2 Å². The van der Waals surface area contributed by atoms with Gasteiger partial charge in [0.05, 0.1) is 26.4 Å². The lowest BCUT2D eigenvalue weighted by Gasteiger charge is -2.16. The summed E-state index contributed by atoms with van der Waals surface area (Å²) in [5, 5.41) is 0. The van der Waals surface area contributed by atoms with Crippen molar-refractivity contribution in [1.82, 2.24) is 0 Å². The lowest BCUT2D eigenvalue weighted by atomic mass is 10.1. The lowest BCUT2D eigenvalue weighted by Crippen LogP contribution is -2.03. The molecule has 0 N–H and O–H groups in total. The zero-order chi connectivity index (χ0) is 12.1. The van der Waals surface area contributed by atoms with Crippen LogP contribution in [0.1, 0.15) is 22.8 Å². The summed E-state index contributed by atoms with van der Waals surface area (Å²) in [6, 6.07) is 1.68. The largest absolute Gasteiger partial charge is 0.496 e. The Morgan fingerprint density at radius 3 is 2.31 bits per heavy atom. The summed E-state index contributed by atoms with van der Waals surface area (Å²) >= 11 is 0. The van der Waals surface area contributed by atoms with Crippen LogP contribution >= 0.6 is 0 Å². The van der Waals surface area contributed by atoms with Gasteiger partial charge in [0.2, 0.25) is 0 Å².